The summed E-state index contributed by atoms with van der Waals surface area (Å²) in [5.74, 6) is -0.0150. The first kappa shape index (κ1) is 14.0. The SMILES string of the molecule is CN(C(=O)c1ncccc1Br)C1CCCCC1Br. The molecule has 2 atom stereocenters. The second-order valence-corrected chi connectivity index (χ2v) is 6.65. The van der Waals surface area contributed by atoms with E-state index in [1.807, 2.05) is 24.1 Å². The zero-order valence-electron chi connectivity index (χ0n) is 10.3. The molecule has 1 fully saturated rings. The highest BCUT2D eigenvalue weighted by Gasteiger charge is 2.30. The van der Waals surface area contributed by atoms with Crippen molar-refractivity contribution in [3.8, 4) is 0 Å². The van der Waals surface area contributed by atoms with Gasteiger partial charge in [0.25, 0.3) is 5.91 Å². The summed E-state index contributed by atoms with van der Waals surface area (Å²) in [5.41, 5.74) is 0.491. The smallest absolute Gasteiger partial charge is 0.273 e. The number of carbonyl (C=O) groups is 1. The first-order chi connectivity index (χ1) is 8.61. The molecule has 5 heteroatoms. The summed E-state index contributed by atoms with van der Waals surface area (Å²) in [4.78, 5) is 18.8. The summed E-state index contributed by atoms with van der Waals surface area (Å²) >= 11 is 7.07. The van der Waals surface area contributed by atoms with E-state index in [9.17, 15) is 4.79 Å². The summed E-state index contributed by atoms with van der Waals surface area (Å²) in [6.07, 6.45) is 6.27. The molecule has 1 aromatic heterocycles. The molecular weight excluding hydrogens is 360 g/mol. The molecule has 0 aromatic carbocycles. The first-order valence-corrected chi connectivity index (χ1v) is 7.84. The maximum atomic E-state index is 12.4. The van der Waals surface area contributed by atoms with Crippen LogP contribution in [0, 0.1) is 0 Å². The largest absolute Gasteiger partial charge is 0.336 e. The maximum absolute atomic E-state index is 12.4. The molecule has 1 aliphatic carbocycles. The van der Waals surface area contributed by atoms with E-state index >= 15 is 0 Å². The van der Waals surface area contributed by atoms with Gasteiger partial charge in [0.2, 0.25) is 0 Å². The van der Waals surface area contributed by atoms with Crippen LogP contribution in [0.25, 0.3) is 0 Å². The molecule has 98 valence electrons. The van der Waals surface area contributed by atoms with Gasteiger partial charge < -0.3 is 4.90 Å². The molecule has 0 bridgehead atoms. The van der Waals surface area contributed by atoms with E-state index in [0.29, 0.717) is 10.5 Å². The van der Waals surface area contributed by atoms with Crippen LogP contribution in [-0.2, 0) is 0 Å². The molecule has 0 radical (unpaired) electrons. The van der Waals surface area contributed by atoms with Crippen molar-refractivity contribution >= 4 is 37.8 Å². The van der Waals surface area contributed by atoms with Gasteiger partial charge in [0.1, 0.15) is 5.69 Å². The lowest BCUT2D eigenvalue weighted by Crippen LogP contribution is -2.44. The Morgan fingerprint density at radius 2 is 2.17 bits per heavy atom. The Morgan fingerprint density at radius 3 is 2.83 bits per heavy atom. The number of hydrogen-bond donors (Lipinski definition) is 0. The molecule has 1 heterocycles. The molecule has 0 spiro atoms. The van der Waals surface area contributed by atoms with Gasteiger partial charge in [0.05, 0.1) is 0 Å². The normalized spacial score (nSPS) is 23.7. The molecule has 18 heavy (non-hydrogen) atoms. The number of carbonyl (C=O) groups excluding carboxylic acids is 1. The third-order valence-electron chi connectivity index (χ3n) is 3.43. The van der Waals surface area contributed by atoms with Gasteiger partial charge in [-0.15, -0.1) is 0 Å². The highest BCUT2D eigenvalue weighted by atomic mass is 79.9. The van der Waals surface area contributed by atoms with Gasteiger partial charge in [-0.2, -0.15) is 0 Å². The molecule has 1 saturated carbocycles. The minimum Gasteiger partial charge on any atom is -0.336 e. The van der Waals surface area contributed by atoms with Crippen molar-refractivity contribution in [2.75, 3.05) is 7.05 Å². The average Bonchev–Trinajstić information content (AvgIpc) is 2.38. The molecule has 1 aliphatic rings. The van der Waals surface area contributed by atoms with Crippen molar-refractivity contribution in [3.63, 3.8) is 0 Å². The van der Waals surface area contributed by atoms with Gasteiger partial charge in [-0.1, -0.05) is 28.8 Å². The van der Waals surface area contributed by atoms with Gasteiger partial charge in [-0.25, -0.2) is 4.98 Å². The summed E-state index contributed by atoms with van der Waals surface area (Å²) in [5, 5.41) is 0. The average molecular weight is 376 g/mol. The monoisotopic (exact) mass is 374 g/mol. The van der Waals surface area contributed by atoms with Crippen LogP contribution in [0.15, 0.2) is 22.8 Å². The van der Waals surface area contributed by atoms with Crippen LogP contribution in [0.1, 0.15) is 36.2 Å². The first-order valence-electron chi connectivity index (χ1n) is 6.13. The van der Waals surface area contributed by atoms with Crippen LogP contribution in [-0.4, -0.2) is 33.7 Å². The summed E-state index contributed by atoms with van der Waals surface area (Å²) in [7, 11) is 1.87. The zero-order valence-corrected chi connectivity index (χ0v) is 13.4. The van der Waals surface area contributed by atoms with E-state index in [2.05, 4.69) is 36.8 Å². The number of nitrogens with zero attached hydrogens (tertiary/aromatic N) is 2. The van der Waals surface area contributed by atoms with Gasteiger partial charge in [-0.3, -0.25) is 4.79 Å². The Morgan fingerprint density at radius 1 is 1.44 bits per heavy atom. The molecule has 0 aliphatic heterocycles. The van der Waals surface area contributed by atoms with Crippen molar-refractivity contribution in [2.45, 2.75) is 36.6 Å². The predicted octanol–water partition coefficient (Wildman–Crippen LogP) is 3.62. The molecule has 2 rings (SSSR count). The number of alkyl halides is 1. The summed E-state index contributed by atoms with van der Waals surface area (Å²) < 4.78 is 0.754. The second-order valence-electron chi connectivity index (χ2n) is 4.62. The highest BCUT2D eigenvalue weighted by molar-refractivity contribution is 9.10. The number of pyridine rings is 1. The van der Waals surface area contributed by atoms with Gasteiger partial charge in [-0.05, 0) is 40.9 Å². The van der Waals surface area contributed by atoms with Crippen LogP contribution >= 0.6 is 31.9 Å². The Kier molecular flexibility index (Phi) is 4.78. The fraction of sp³-hybridized carbons (Fsp3) is 0.538. The van der Waals surface area contributed by atoms with Crippen molar-refractivity contribution < 1.29 is 4.79 Å². The molecule has 1 aromatic rings. The van der Waals surface area contributed by atoms with Crippen LogP contribution in [0.5, 0.6) is 0 Å². The Bertz CT molecular complexity index is 439. The lowest BCUT2D eigenvalue weighted by atomic mass is 9.94. The molecular formula is C13H16Br2N2O. The molecule has 0 N–H and O–H groups in total. The van der Waals surface area contributed by atoms with Gasteiger partial charge in [0.15, 0.2) is 0 Å². The number of amides is 1. The van der Waals surface area contributed by atoms with E-state index < -0.39 is 0 Å². The molecule has 1 amide bonds. The predicted molar refractivity (Wildman–Crippen MR) is 79.0 cm³/mol. The van der Waals surface area contributed by atoms with Crippen molar-refractivity contribution in [2.24, 2.45) is 0 Å². The minimum absolute atomic E-state index is 0.0150. The molecule has 2 unspecified atom stereocenters. The third kappa shape index (κ3) is 2.94. The van der Waals surface area contributed by atoms with Gasteiger partial charge >= 0.3 is 0 Å². The lowest BCUT2D eigenvalue weighted by molar-refractivity contribution is 0.0698. The van der Waals surface area contributed by atoms with E-state index in [1.165, 1.54) is 12.8 Å². The van der Waals surface area contributed by atoms with E-state index in [1.54, 1.807) is 6.20 Å². The Labute approximate surface area is 124 Å². The zero-order chi connectivity index (χ0) is 13.1. The fourth-order valence-electron chi connectivity index (χ4n) is 2.36. The summed E-state index contributed by atoms with van der Waals surface area (Å²) in [6.45, 7) is 0. The topological polar surface area (TPSA) is 33.2 Å². The Balaban J connectivity index is 2.16. The lowest BCUT2D eigenvalue weighted by Gasteiger charge is -2.35. The number of rotatable bonds is 2. The second kappa shape index (κ2) is 6.15. The number of hydrogen-bond acceptors (Lipinski definition) is 2. The van der Waals surface area contributed by atoms with Crippen molar-refractivity contribution in [1.82, 2.24) is 9.88 Å². The maximum Gasteiger partial charge on any atom is 0.273 e. The number of aromatic nitrogens is 1. The van der Waals surface area contributed by atoms with E-state index in [-0.39, 0.29) is 11.9 Å². The van der Waals surface area contributed by atoms with E-state index in [4.69, 9.17) is 0 Å². The molecule has 3 nitrogen and oxygen atoms in total. The summed E-state index contributed by atoms with van der Waals surface area (Å²) in [6, 6.07) is 3.93. The minimum atomic E-state index is -0.0150. The third-order valence-corrected chi connectivity index (χ3v) is 5.13. The quantitative estimate of drug-likeness (QED) is 0.739. The van der Waals surface area contributed by atoms with Gasteiger partial charge in [0, 0.05) is 28.6 Å². The van der Waals surface area contributed by atoms with Crippen LogP contribution in [0.3, 0.4) is 0 Å². The van der Waals surface area contributed by atoms with Crippen molar-refractivity contribution in [1.29, 1.82) is 0 Å². The highest BCUT2D eigenvalue weighted by Crippen LogP contribution is 2.29. The Hall–Kier alpha value is -0.420. The van der Waals surface area contributed by atoms with Crippen LogP contribution < -0.4 is 0 Å². The van der Waals surface area contributed by atoms with Crippen LogP contribution in [0.2, 0.25) is 0 Å². The molecule has 0 saturated heterocycles. The fourth-order valence-corrected chi connectivity index (χ4v) is 3.73. The van der Waals surface area contributed by atoms with Crippen molar-refractivity contribution in [3.05, 3.63) is 28.5 Å². The number of halogens is 2. The van der Waals surface area contributed by atoms with E-state index in [0.717, 1.165) is 17.3 Å². The standard InChI is InChI=1S/C13H16Br2N2O/c1-17(11-7-3-2-5-9(11)14)13(18)12-10(15)6-4-8-16-12/h4,6,8-9,11H,2-3,5,7H2,1H3. The van der Waals surface area contributed by atoms with Crippen LogP contribution in [0.4, 0.5) is 0 Å².